The van der Waals surface area contributed by atoms with Crippen LogP contribution >= 0.6 is 0 Å². The largest absolute Gasteiger partial charge is 0.478 e. The number of likely N-dealkylation sites (N-methyl/N-ethyl adjacent to an activating group) is 1. The Bertz CT molecular complexity index is 1490. The van der Waals surface area contributed by atoms with Gasteiger partial charge in [0.2, 0.25) is 5.88 Å². The van der Waals surface area contributed by atoms with Gasteiger partial charge in [-0.05, 0) is 69.9 Å². The molecule has 0 radical (unpaired) electrons. The Morgan fingerprint density at radius 3 is 2.55 bits per heavy atom. The molecule has 1 N–H and O–H groups in total. The van der Waals surface area contributed by atoms with Crippen LogP contribution in [0, 0.1) is 11.6 Å². The Hall–Kier alpha value is -4.19. The lowest BCUT2D eigenvalue weighted by molar-refractivity contribution is 0.0708. The number of carbonyl (C=O) groups excluding carboxylic acids is 2. The Morgan fingerprint density at radius 1 is 1.09 bits per heavy atom. The first-order chi connectivity index (χ1) is 21.1. The van der Waals surface area contributed by atoms with Gasteiger partial charge >= 0.3 is 0 Å². The van der Waals surface area contributed by atoms with E-state index in [4.69, 9.17) is 4.74 Å². The molecule has 236 valence electrons. The van der Waals surface area contributed by atoms with Gasteiger partial charge in [-0.1, -0.05) is 6.92 Å². The number of carbonyl (C=O) groups is 2. The Kier molecular flexibility index (Phi) is 10.8. The molecule has 1 aromatic heterocycles. The summed E-state index contributed by atoms with van der Waals surface area (Å²) in [6, 6.07) is 8.96. The van der Waals surface area contributed by atoms with Crippen LogP contribution in [0.2, 0.25) is 0 Å². The number of benzene rings is 2. The number of ether oxygens (including phenoxy) is 1. The van der Waals surface area contributed by atoms with Gasteiger partial charge in [-0.25, -0.2) is 22.5 Å². The van der Waals surface area contributed by atoms with Crippen LogP contribution in [0.5, 0.6) is 5.88 Å². The SMILES string of the molecule is CCOc1ncccc1-c1ccc(N2CCN(C(=O)c3ccc(F)cc3C(F)F)C[C@H]2CC)c(C(=O)NCCN(C)C)c1F. The highest BCUT2D eigenvalue weighted by Crippen LogP contribution is 2.37. The lowest BCUT2D eigenvalue weighted by Gasteiger charge is -2.43. The first-order valence-corrected chi connectivity index (χ1v) is 14.5. The Morgan fingerprint density at radius 2 is 1.86 bits per heavy atom. The van der Waals surface area contributed by atoms with Gasteiger partial charge < -0.3 is 24.8 Å². The molecule has 44 heavy (non-hydrogen) atoms. The summed E-state index contributed by atoms with van der Waals surface area (Å²) in [6.07, 6.45) is -0.971. The third-order valence-corrected chi connectivity index (χ3v) is 7.56. The molecule has 2 aromatic carbocycles. The van der Waals surface area contributed by atoms with E-state index in [9.17, 15) is 22.8 Å². The molecule has 1 saturated heterocycles. The van der Waals surface area contributed by atoms with E-state index >= 15 is 4.39 Å². The standard InChI is InChI=1S/C32H37F4N5O3/c1-5-21-19-40(32(43)24-10-9-20(33)18-25(24)29(35)36)16-17-41(21)26-12-11-22(23-8-7-13-38-31(23)44-6-2)28(34)27(26)30(42)37-14-15-39(3)4/h7-13,18,21,29H,5-6,14-17,19H2,1-4H3,(H,37,42)/t21-/m1/s1. The molecule has 2 amide bonds. The minimum absolute atomic E-state index is 0.123. The molecule has 1 aliphatic rings. The van der Waals surface area contributed by atoms with Crippen molar-refractivity contribution < 1.29 is 31.9 Å². The molecular weight excluding hydrogens is 578 g/mol. The van der Waals surface area contributed by atoms with Crippen LogP contribution in [-0.4, -0.2) is 86.1 Å². The van der Waals surface area contributed by atoms with Gasteiger partial charge in [0.15, 0.2) is 0 Å². The first-order valence-electron chi connectivity index (χ1n) is 14.5. The predicted molar refractivity (Wildman–Crippen MR) is 160 cm³/mol. The second kappa shape index (κ2) is 14.5. The molecule has 0 unspecified atom stereocenters. The summed E-state index contributed by atoms with van der Waals surface area (Å²) in [6.45, 7) is 5.30. The number of aromatic nitrogens is 1. The topological polar surface area (TPSA) is 78.0 Å². The Labute approximate surface area is 254 Å². The predicted octanol–water partition coefficient (Wildman–Crippen LogP) is 5.40. The summed E-state index contributed by atoms with van der Waals surface area (Å²) >= 11 is 0. The van der Waals surface area contributed by atoms with Gasteiger partial charge in [0.05, 0.1) is 17.9 Å². The van der Waals surface area contributed by atoms with Gasteiger partial charge in [0.25, 0.3) is 18.2 Å². The second-order valence-corrected chi connectivity index (χ2v) is 10.7. The van der Waals surface area contributed by atoms with Crippen molar-refractivity contribution in [2.24, 2.45) is 0 Å². The van der Waals surface area contributed by atoms with Crippen LogP contribution in [-0.2, 0) is 0 Å². The third kappa shape index (κ3) is 7.12. The maximum Gasteiger partial charge on any atom is 0.264 e. The third-order valence-electron chi connectivity index (χ3n) is 7.56. The monoisotopic (exact) mass is 615 g/mol. The van der Waals surface area contributed by atoms with E-state index in [1.165, 1.54) is 4.90 Å². The smallest absolute Gasteiger partial charge is 0.264 e. The number of amides is 2. The molecule has 1 atom stereocenters. The second-order valence-electron chi connectivity index (χ2n) is 10.7. The van der Waals surface area contributed by atoms with Gasteiger partial charge in [-0.2, -0.15) is 0 Å². The molecule has 4 rings (SSSR count). The van der Waals surface area contributed by atoms with Crippen LogP contribution in [0.4, 0.5) is 23.2 Å². The van der Waals surface area contributed by atoms with E-state index in [0.29, 0.717) is 36.9 Å². The summed E-state index contributed by atoms with van der Waals surface area (Å²) in [5, 5.41) is 2.81. The van der Waals surface area contributed by atoms with Crippen molar-refractivity contribution in [1.82, 2.24) is 20.1 Å². The molecule has 8 nitrogen and oxygen atoms in total. The summed E-state index contributed by atoms with van der Waals surface area (Å²) < 4.78 is 63.1. The molecule has 12 heteroatoms. The number of piperazine rings is 1. The molecule has 1 fully saturated rings. The highest BCUT2D eigenvalue weighted by atomic mass is 19.3. The van der Waals surface area contributed by atoms with Gasteiger partial charge in [-0.3, -0.25) is 9.59 Å². The van der Waals surface area contributed by atoms with E-state index in [0.717, 1.165) is 12.1 Å². The van der Waals surface area contributed by atoms with Crippen LogP contribution in [0.15, 0.2) is 48.7 Å². The van der Waals surface area contributed by atoms with Crippen molar-refractivity contribution in [1.29, 1.82) is 0 Å². The molecular formula is C32H37F4N5O3. The van der Waals surface area contributed by atoms with Crippen LogP contribution in [0.25, 0.3) is 11.1 Å². The van der Waals surface area contributed by atoms with Crippen molar-refractivity contribution in [3.8, 4) is 17.0 Å². The number of hydrogen-bond acceptors (Lipinski definition) is 6. The van der Waals surface area contributed by atoms with Gasteiger partial charge in [0, 0.05) is 67.2 Å². The minimum Gasteiger partial charge on any atom is -0.478 e. The highest BCUT2D eigenvalue weighted by Gasteiger charge is 2.34. The van der Waals surface area contributed by atoms with Crippen molar-refractivity contribution >= 4 is 17.5 Å². The average Bonchev–Trinajstić information content (AvgIpc) is 3.00. The summed E-state index contributed by atoms with van der Waals surface area (Å²) in [4.78, 5) is 36.3. The summed E-state index contributed by atoms with van der Waals surface area (Å²) in [7, 11) is 3.72. The van der Waals surface area contributed by atoms with Crippen molar-refractivity contribution in [3.63, 3.8) is 0 Å². The zero-order chi connectivity index (χ0) is 32.0. The van der Waals surface area contributed by atoms with Crippen LogP contribution in [0.3, 0.4) is 0 Å². The molecule has 0 spiro atoms. The van der Waals surface area contributed by atoms with Crippen molar-refractivity contribution in [2.75, 3.05) is 58.3 Å². The molecule has 2 heterocycles. The lowest BCUT2D eigenvalue weighted by atomic mass is 9.98. The molecule has 0 aliphatic carbocycles. The number of rotatable bonds is 11. The molecule has 1 aliphatic heterocycles. The number of halogens is 4. The fourth-order valence-corrected chi connectivity index (χ4v) is 5.34. The summed E-state index contributed by atoms with van der Waals surface area (Å²) in [5.74, 6) is -2.58. The number of nitrogens with one attached hydrogen (secondary N) is 1. The van der Waals surface area contributed by atoms with E-state index in [2.05, 4.69) is 10.3 Å². The van der Waals surface area contributed by atoms with Crippen molar-refractivity contribution in [3.05, 3.63) is 77.0 Å². The molecule has 0 saturated carbocycles. The number of nitrogens with zero attached hydrogens (tertiary/aromatic N) is 4. The van der Waals surface area contributed by atoms with Crippen LogP contribution in [0.1, 0.15) is 53.0 Å². The first kappa shape index (κ1) is 32.7. The van der Waals surface area contributed by atoms with E-state index in [1.54, 1.807) is 37.4 Å². The maximum absolute atomic E-state index is 16.5. The van der Waals surface area contributed by atoms with E-state index < -0.39 is 35.4 Å². The van der Waals surface area contributed by atoms with Crippen molar-refractivity contribution in [2.45, 2.75) is 32.7 Å². The fourth-order valence-electron chi connectivity index (χ4n) is 5.34. The molecule has 3 aromatic rings. The lowest BCUT2D eigenvalue weighted by Crippen LogP contribution is -2.55. The maximum atomic E-state index is 16.5. The highest BCUT2D eigenvalue weighted by molar-refractivity contribution is 6.02. The zero-order valence-corrected chi connectivity index (χ0v) is 25.2. The minimum atomic E-state index is -3.02. The Balaban J connectivity index is 1.71. The van der Waals surface area contributed by atoms with Gasteiger partial charge in [0.1, 0.15) is 11.6 Å². The number of anilines is 1. The molecule has 0 bridgehead atoms. The number of alkyl halides is 2. The van der Waals surface area contributed by atoms with E-state index in [-0.39, 0.29) is 54.8 Å². The van der Waals surface area contributed by atoms with Crippen LogP contribution < -0.4 is 15.0 Å². The number of pyridine rings is 1. The quantitative estimate of drug-likeness (QED) is 0.292. The van der Waals surface area contributed by atoms with E-state index in [1.807, 2.05) is 30.8 Å². The fraction of sp³-hybridized carbons (Fsp3) is 0.406. The number of hydrogen-bond donors (Lipinski definition) is 1. The zero-order valence-electron chi connectivity index (χ0n) is 25.2. The average molecular weight is 616 g/mol. The summed E-state index contributed by atoms with van der Waals surface area (Å²) in [5.41, 5.74) is -0.170. The normalized spacial score (nSPS) is 15.2. The van der Waals surface area contributed by atoms with Gasteiger partial charge in [-0.15, -0.1) is 0 Å².